The molecule has 1 amide bonds. The van der Waals surface area contributed by atoms with E-state index in [0.717, 1.165) is 17.1 Å². The van der Waals surface area contributed by atoms with Gasteiger partial charge in [0.2, 0.25) is 0 Å². The van der Waals surface area contributed by atoms with Crippen molar-refractivity contribution in [3.63, 3.8) is 0 Å². The van der Waals surface area contributed by atoms with E-state index in [-0.39, 0.29) is 11.9 Å². The van der Waals surface area contributed by atoms with Crippen molar-refractivity contribution in [1.29, 1.82) is 0 Å². The Kier molecular flexibility index (Phi) is 6.55. The van der Waals surface area contributed by atoms with E-state index in [1.165, 1.54) is 11.1 Å². The molecule has 0 aliphatic heterocycles. The molecule has 0 heterocycles. The number of thioether (sulfide) groups is 1. The summed E-state index contributed by atoms with van der Waals surface area (Å²) >= 11 is 1.77. The quantitative estimate of drug-likeness (QED) is 0.533. The summed E-state index contributed by atoms with van der Waals surface area (Å²) in [5, 5.41) is 6.42. The maximum Gasteiger partial charge on any atom is 0.255 e. The lowest BCUT2D eigenvalue weighted by atomic mass is 10.1. The molecule has 27 heavy (non-hydrogen) atoms. The molecule has 0 radical (unpaired) electrons. The molecule has 0 aliphatic rings. The van der Waals surface area contributed by atoms with Crippen LogP contribution in [0.5, 0.6) is 0 Å². The zero-order valence-corrected chi connectivity index (χ0v) is 16.4. The van der Waals surface area contributed by atoms with Crippen molar-refractivity contribution in [2.24, 2.45) is 0 Å². The minimum absolute atomic E-state index is 0.0935. The van der Waals surface area contributed by atoms with Crippen LogP contribution in [0.2, 0.25) is 0 Å². The lowest BCUT2D eigenvalue weighted by Gasteiger charge is -2.16. The number of hydrogen-bond acceptors (Lipinski definition) is 3. The fourth-order valence-electron chi connectivity index (χ4n) is 2.85. The first kappa shape index (κ1) is 19.1. The molecule has 0 aliphatic carbocycles. The summed E-state index contributed by atoms with van der Waals surface area (Å²) in [7, 11) is 0. The second-order valence-electron chi connectivity index (χ2n) is 6.44. The van der Waals surface area contributed by atoms with Crippen molar-refractivity contribution >= 4 is 29.0 Å². The average molecular weight is 377 g/mol. The Hall–Kier alpha value is -2.72. The summed E-state index contributed by atoms with van der Waals surface area (Å²) in [5.74, 6) is 0.863. The molecule has 3 nitrogen and oxygen atoms in total. The Morgan fingerprint density at radius 3 is 2.15 bits per heavy atom. The second kappa shape index (κ2) is 9.28. The molecule has 0 spiro atoms. The molecule has 4 heteroatoms. The van der Waals surface area contributed by atoms with Crippen LogP contribution in [0.4, 0.5) is 11.4 Å². The fourth-order valence-corrected chi connectivity index (χ4v) is 3.37. The van der Waals surface area contributed by atoms with E-state index >= 15 is 0 Å². The highest BCUT2D eigenvalue weighted by atomic mass is 32.2. The van der Waals surface area contributed by atoms with Gasteiger partial charge in [-0.05, 0) is 60.7 Å². The Morgan fingerprint density at radius 1 is 0.889 bits per heavy atom. The third-order valence-electron chi connectivity index (χ3n) is 4.35. The first-order chi connectivity index (χ1) is 13.2. The van der Waals surface area contributed by atoms with Crippen LogP contribution in [0.1, 0.15) is 34.5 Å². The first-order valence-corrected chi connectivity index (χ1v) is 10.4. The van der Waals surface area contributed by atoms with Gasteiger partial charge in [-0.2, -0.15) is 11.8 Å². The van der Waals surface area contributed by atoms with E-state index in [4.69, 9.17) is 0 Å². The van der Waals surface area contributed by atoms with E-state index in [1.54, 1.807) is 11.8 Å². The largest absolute Gasteiger partial charge is 0.379 e. The van der Waals surface area contributed by atoms with Gasteiger partial charge in [-0.1, -0.05) is 42.5 Å². The van der Waals surface area contributed by atoms with Crippen LogP contribution in [-0.4, -0.2) is 12.2 Å². The van der Waals surface area contributed by atoms with E-state index in [9.17, 15) is 4.79 Å². The van der Waals surface area contributed by atoms with E-state index < -0.39 is 0 Å². The van der Waals surface area contributed by atoms with Gasteiger partial charge in [0.15, 0.2) is 0 Å². The van der Waals surface area contributed by atoms with Crippen molar-refractivity contribution in [3.05, 3.63) is 95.6 Å². The van der Waals surface area contributed by atoms with Crippen LogP contribution >= 0.6 is 11.8 Å². The molecule has 0 fully saturated rings. The van der Waals surface area contributed by atoms with Gasteiger partial charge in [-0.3, -0.25) is 4.79 Å². The summed E-state index contributed by atoms with van der Waals surface area (Å²) in [5.41, 5.74) is 4.93. The highest BCUT2D eigenvalue weighted by molar-refractivity contribution is 7.97. The second-order valence-corrected chi connectivity index (χ2v) is 7.30. The van der Waals surface area contributed by atoms with Crippen LogP contribution in [0, 0.1) is 0 Å². The SMILES string of the molecule is CSCc1ccc(C(=O)Nc2ccc(NC(C)c3ccccc3)cc2)cc1. The number of anilines is 2. The maximum atomic E-state index is 12.4. The van der Waals surface area contributed by atoms with Gasteiger partial charge in [-0.15, -0.1) is 0 Å². The van der Waals surface area contributed by atoms with Gasteiger partial charge in [0, 0.05) is 28.7 Å². The molecular formula is C23H24N2OS. The number of nitrogens with one attached hydrogen (secondary N) is 2. The molecule has 3 aromatic rings. The Morgan fingerprint density at radius 2 is 1.52 bits per heavy atom. The minimum Gasteiger partial charge on any atom is -0.379 e. The molecule has 1 atom stereocenters. The molecule has 138 valence electrons. The predicted molar refractivity (Wildman–Crippen MR) is 117 cm³/mol. The van der Waals surface area contributed by atoms with Gasteiger partial charge in [0.05, 0.1) is 0 Å². The molecule has 0 saturated carbocycles. The van der Waals surface area contributed by atoms with Crippen LogP contribution in [0.25, 0.3) is 0 Å². The molecule has 0 bridgehead atoms. The number of rotatable bonds is 7. The summed E-state index contributed by atoms with van der Waals surface area (Å²) < 4.78 is 0. The molecule has 0 aromatic heterocycles. The topological polar surface area (TPSA) is 41.1 Å². The monoisotopic (exact) mass is 376 g/mol. The molecule has 0 saturated heterocycles. The first-order valence-electron chi connectivity index (χ1n) is 8.96. The molecule has 3 rings (SSSR count). The van der Waals surface area contributed by atoms with Gasteiger partial charge in [-0.25, -0.2) is 0 Å². The van der Waals surface area contributed by atoms with Gasteiger partial charge < -0.3 is 10.6 Å². The lowest BCUT2D eigenvalue weighted by Crippen LogP contribution is -2.12. The average Bonchev–Trinajstić information content (AvgIpc) is 2.71. The van der Waals surface area contributed by atoms with Crippen LogP contribution in [0.15, 0.2) is 78.9 Å². The van der Waals surface area contributed by atoms with Crippen LogP contribution in [-0.2, 0) is 5.75 Å². The van der Waals surface area contributed by atoms with Crippen LogP contribution < -0.4 is 10.6 Å². The Balaban J connectivity index is 1.59. The number of amides is 1. The van der Waals surface area contributed by atoms with Crippen molar-refractivity contribution in [3.8, 4) is 0 Å². The summed E-state index contributed by atoms with van der Waals surface area (Å²) in [6.07, 6.45) is 2.07. The third-order valence-corrected chi connectivity index (χ3v) is 4.97. The van der Waals surface area contributed by atoms with Crippen molar-refractivity contribution in [2.75, 3.05) is 16.9 Å². The Labute approximate surface area is 165 Å². The van der Waals surface area contributed by atoms with E-state index in [2.05, 4.69) is 35.9 Å². The standard InChI is InChI=1S/C23H24N2OS/c1-17(19-6-4-3-5-7-19)24-21-12-14-22(15-13-21)25-23(26)20-10-8-18(9-11-20)16-27-2/h3-15,17,24H,16H2,1-2H3,(H,25,26). The maximum absolute atomic E-state index is 12.4. The highest BCUT2D eigenvalue weighted by Gasteiger charge is 2.07. The minimum atomic E-state index is -0.0935. The van der Waals surface area contributed by atoms with Gasteiger partial charge >= 0.3 is 0 Å². The van der Waals surface area contributed by atoms with E-state index in [0.29, 0.717) is 5.56 Å². The van der Waals surface area contributed by atoms with Gasteiger partial charge in [0.25, 0.3) is 5.91 Å². The zero-order chi connectivity index (χ0) is 19.1. The molecule has 1 unspecified atom stereocenters. The lowest BCUT2D eigenvalue weighted by molar-refractivity contribution is 0.102. The Bertz CT molecular complexity index is 861. The molecule has 3 aromatic carbocycles. The summed E-state index contributed by atoms with van der Waals surface area (Å²) in [6.45, 7) is 2.13. The number of hydrogen-bond donors (Lipinski definition) is 2. The highest BCUT2D eigenvalue weighted by Crippen LogP contribution is 2.21. The van der Waals surface area contributed by atoms with Crippen molar-refractivity contribution < 1.29 is 4.79 Å². The van der Waals surface area contributed by atoms with E-state index in [1.807, 2.05) is 66.7 Å². The number of carbonyl (C=O) groups is 1. The smallest absolute Gasteiger partial charge is 0.255 e. The summed E-state index contributed by atoms with van der Waals surface area (Å²) in [6, 6.07) is 26.1. The zero-order valence-electron chi connectivity index (χ0n) is 15.6. The normalized spacial score (nSPS) is 11.6. The van der Waals surface area contributed by atoms with Crippen molar-refractivity contribution in [2.45, 2.75) is 18.7 Å². The predicted octanol–water partition coefficient (Wildman–Crippen LogP) is 5.98. The van der Waals surface area contributed by atoms with Gasteiger partial charge in [0.1, 0.15) is 0 Å². The number of benzene rings is 3. The van der Waals surface area contributed by atoms with Crippen LogP contribution in [0.3, 0.4) is 0 Å². The van der Waals surface area contributed by atoms with Crippen molar-refractivity contribution in [1.82, 2.24) is 0 Å². The molecule has 2 N–H and O–H groups in total. The fraction of sp³-hybridized carbons (Fsp3) is 0.174. The molecular weight excluding hydrogens is 352 g/mol. The summed E-state index contributed by atoms with van der Waals surface area (Å²) in [4.78, 5) is 12.4. The third kappa shape index (κ3) is 5.38. The number of carbonyl (C=O) groups excluding carboxylic acids is 1.